The summed E-state index contributed by atoms with van der Waals surface area (Å²) >= 11 is 0. The van der Waals surface area contributed by atoms with Crippen LogP contribution >= 0.6 is 0 Å². The van der Waals surface area contributed by atoms with Gasteiger partial charge in [0.15, 0.2) is 0 Å². The Hall–Kier alpha value is -2.42. The van der Waals surface area contributed by atoms with Crippen LogP contribution in [0.15, 0.2) is 47.4 Å². The number of aryl methyl sites for hydroxylation is 2. The minimum absolute atomic E-state index is 0.141. The third-order valence-corrected chi connectivity index (χ3v) is 6.63. The van der Waals surface area contributed by atoms with Crippen LogP contribution in [0.1, 0.15) is 21.5 Å². The number of nitrogens with one attached hydrogen (secondary N) is 1. The summed E-state index contributed by atoms with van der Waals surface area (Å²) in [6, 6.07) is 12.0. The normalized spacial score (nSPS) is 15.1. The predicted octanol–water partition coefficient (Wildman–Crippen LogP) is 2.13. The number of carbonyl (C=O) groups is 1. The number of carbonyl (C=O) groups excluding carboxylic acids is 1. The SMILES string of the molecule is Cc1ccc(C(=O)NCCOc2ccc(S(=O)(=O)N3CCOCC3)cc2)c(C)c1. The van der Waals surface area contributed by atoms with E-state index in [0.717, 1.165) is 11.1 Å². The molecule has 1 amide bonds. The molecule has 0 aliphatic carbocycles. The molecule has 0 atom stereocenters. The Bertz CT molecular complexity index is 952. The van der Waals surface area contributed by atoms with Gasteiger partial charge in [-0.3, -0.25) is 4.79 Å². The van der Waals surface area contributed by atoms with Crippen molar-refractivity contribution in [3.8, 4) is 5.75 Å². The lowest BCUT2D eigenvalue weighted by atomic mass is 10.1. The highest BCUT2D eigenvalue weighted by atomic mass is 32.2. The quantitative estimate of drug-likeness (QED) is 0.697. The molecular weight excluding hydrogens is 392 g/mol. The van der Waals surface area contributed by atoms with Crippen LogP contribution in [-0.2, 0) is 14.8 Å². The van der Waals surface area contributed by atoms with E-state index in [1.807, 2.05) is 32.0 Å². The van der Waals surface area contributed by atoms with Gasteiger partial charge in [0.1, 0.15) is 12.4 Å². The van der Waals surface area contributed by atoms with Crippen molar-refractivity contribution in [1.82, 2.24) is 9.62 Å². The van der Waals surface area contributed by atoms with Crippen molar-refractivity contribution in [1.29, 1.82) is 0 Å². The Morgan fingerprint density at radius 1 is 1.10 bits per heavy atom. The molecular formula is C21H26N2O5S. The lowest BCUT2D eigenvalue weighted by Crippen LogP contribution is -2.40. The van der Waals surface area contributed by atoms with Gasteiger partial charge in [-0.05, 0) is 49.7 Å². The first kappa shape index (κ1) is 21.3. The minimum Gasteiger partial charge on any atom is -0.492 e. The Morgan fingerprint density at radius 3 is 2.45 bits per heavy atom. The molecule has 0 radical (unpaired) electrons. The monoisotopic (exact) mass is 418 g/mol. The maximum Gasteiger partial charge on any atom is 0.251 e. The van der Waals surface area contributed by atoms with Gasteiger partial charge in [-0.15, -0.1) is 0 Å². The molecule has 1 aliphatic rings. The number of rotatable bonds is 7. The zero-order valence-corrected chi connectivity index (χ0v) is 17.5. The van der Waals surface area contributed by atoms with Gasteiger partial charge in [-0.25, -0.2) is 8.42 Å². The van der Waals surface area contributed by atoms with Gasteiger partial charge in [-0.1, -0.05) is 17.7 Å². The molecule has 29 heavy (non-hydrogen) atoms. The van der Waals surface area contributed by atoms with Crippen LogP contribution in [-0.4, -0.2) is 58.1 Å². The van der Waals surface area contributed by atoms with Crippen molar-refractivity contribution in [3.63, 3.8) is 0 Å². The highest BCUT2D eigenvalue weighted by molar-refractivity contribution is 7.89. The lowest BCUT2D eigenvalue weighted by molar-refractivity contribution is 0.0730. The van der Waals surface area contributed by atoms with Gasteiger partial charge in [0.2, 0.25) is 10.0 Å². The summed E-state index contributed by atoms with van der Waals surface area (Å²) in [6.07, 6.45) is 0. The van der Waals surface area contributed by atoms with E-state index in [9.17, 15) is 13.2 Å². The molecule has 8 heteroatoms. The smallest absolute Gasteiger partial charge is 0.251 e. The highest BCUT2D eigenvalue weighted by Crippen LogP contribution is 2.20. The fourth-order valence-corrected chi connectivity index (χ4v) is 4.55. The van der Waals surface area contributed by atoms with E-state index in [-0.39, 0.29) is 17.4 Å². The molecule has 0 bridgehead atoms. The molecule has 2 aromatic rings. The van der Waals surface area contributed by atoms with Gasteiger partial charge in [0.25, 0.3) is 5.91 Å². The zero-order chi connectivity index (χ0) is 20.9. The van der Waals surface area contributed by atoms with Crippen molar-refractivity contribution in [2.75, 3.05) is 39.5 Å². The Labute approximate surface area is 171 Å². The van der Waals surface area contributed by atoms with Crippen LogP contribution in [0.5, 0.6) is 5.75 Å². The number of ether oxygens (including phenoxy) is 2. The number of amides is 1. The second kappa shape index (κ2) is 9.39. The lowest BCUT2D eigenvalue weighted by Gasteiger charge is -2.26. The molecule has 0 aromatic heterocycles. The number of nitrogens with zero attached hydrogens (tertiary/aromatic N) is 1. The number of hydrogen-bond acceptors (Lipinski definition) is 5. The maximum absolute atomic E-state index is 12.6. The van der Waals surface area contributed by atoms with Crippen molar-refractivity contribution < 1.29 is 22.7 Å². The van der Waals surface area contributed by atoms with Gasteiger partial charge in [0.05, 0.1) is 24.7 Å². The Balaban J connectivity index is 1.49. The van der Waals surface area contributed by atoms with Crippen LogP contribution < -0.4 is 10.1 Å². The molecule has 3 rings (SSSR count). The first-order valence-corrected chi connectivity index (χ1v) is 11.0. The minimum atomic E-state index is -3.51. The van der Waals surface area contributed by atoms with Gasteiger partial charge >= 0.3 is 0 Å². The summed E-state index contributed by atoms with van der Waals surface area (Å²) in [6.45, 7) is 6.07. The molecule has 1 fully saturated rings. The summed E-state index contributed by atoms with van der Waals surface area (Å²) in [4.78, 5) is 12.5. The average Bonchev–Trinajstić information content (AvgIpc) is 2.72. The summed E-state index contributed by atoms with van der Waals surface area (Å²) in [5.41, 5.74) is 2.69. The van der Waals surface area contributed by atoms with E-state index in [1.165, 1.54) is 16.4 Å². The molecule has 0 saturated carbocycles. The first-order valence-electron chi connectivity index (χ1n) is 9.54. The molecule has 1 N–H and O–H groups in total. The molecule has 1 aliphatic heterocycles. The number of morpholine rings is 1. The average molecular weight is 419 g/mol. The maximum atomic E-state index is 12.6. The van der Waals surface area contributed by atoms with Crippen molar-refractivity contribution in [2.24, 2.45) is 0 Å². The second-order valence-corrected chi connectivity index (χ2v) is 8.85. The topological polar surface area (TPSA) is 84.9 Å². The van der Waals surface area contributed by atoms with Gasteiger partial charge in [0, 0.05) is 18.7 Å². The van der Waals surface area contributed by atoms with E-state index in [4.69, 9.17) is 9.47 Å². The summed E-state index contributed by atoms with van der Waals surface area (Å²) in [5.74, 6) is 0.407. The molecule has 1 heterocycles. The molecule has 2 aromatic carbocycles. The Kier molecular flexibility index (Phi) is 6.89. The fraction of sp³-hybridized carbons (Fsp3) is 0.381. The summed E-state index contributed by atoms with van der Waals surface area (Å²) < 4.78 is 37.4. The van der Waals surface area contributed by atoms with Crippen molar-refractivity contribution in [3.05, 3.63) is 59.2 Å². The largest absolute Gasteiger partial charge is 0.492 e. The van der Waals surface area contributed by atoms with E-state index in [2.05, 4.69) is 5.32 Å². The van der Waals surface area contributed by atoms with E-state index < -0.39 is 10.0 Å². The highest BCUT2D eigenvalue weighted by Gasteiger charge is 2.26. The third kappa shape index (κ3) is 5.35. The van der Waals surface area contributed by atoms with Crippen LogP contribution in [0.2, 0.25) is 0 Å². The number of benzene rings is 2. The Morgan fingerprint density at radius 2 is 1.79 bits per heavy atom. The fourth-order valence-electron chi connectivity index (χ4n) is 3.14. The summed E-state index contributed by atoms with van der Waals surface area (Å²) in [5, 5.41) is 2.83. The third-order valence-electron chi connectivity index (χ3n) is 4.71. The van der Waals surface area contributed by atoms with Crippen molar-refractivity contribution in [2.45, 2.75) is 18.7 Å². The van der Waals surface area contributed by atoms with Crippen LogP contribution in [0, 0.1) is 13.8 Å². The number of hydrogen-bond donors (Lipinski definition) is 1. The molecule has 0 unspecified atom stereocenters. The molecule has 1 saturated heterocycles. The van der Waals surface area contributed by atoms with Gasteiger partial charge in [-0.2, -0.15) is 4.31 Å². The van der Waals surface area contributed by atoms with E-state index in [1.54, 1.807) is 12.1 Å². The van der Waals surface area contributed by atoms with Crippen LogP contribution in [0.4, 0.5) is 0 Å². The van der Waals surface area contributed by atoms with E-state index in [0.29, 0.717) is 44.2 Å². The van der Waals surface area contributed by atoms with Crippen molar-refractivity contribution >= 4 is 15.9 Å². The molecule has 7 nitrogen and oxygen atoms in total. The van der Waals surface area contributed by atoms with Crippen LogP contribution in [0.25, 0.3) is 0 Å². The van der Waals surface area contributed by atoms with E-state index >= 15 is 0 Å². The zero-order valence-electron chi connectivity index (χ0n) is 16.7. The van der Waals surface area contributed by atoms with Crippen LogP contribution in [0.3, 0.4) is 0 Å². The number of sulfonamides is 1. The molecule has 156 valence electrons. The predicted molar refractivity (Wildman–Crippen MR) is 110 cm³/mol. The standard InChI is InChI=1S/C21H26N2O5S/c1-16-3-8-20(17(2)15-16)21(24)22-9-12-28-18-4-6-19(7-5-18)29(25,26)23-10-13-27-14-11-23/h3-8,15H,9-14H2,1-2H3,(H,22,24). The second-order valence-electron chi connectivity index (χ2n) is 6.91. The first-order chi connectivity index (χ1) is 13.9. The van der Waals surface area contributed by atoms with Gasteiger partial charge < -0.3 is 14.8 Å². The summed E-state index contributed by atoms with van der Waals surface area (Å²) in [7, 11) is -3.51. The molecule has 0 spiro atoms.